The molecule has 13 nitrogen and oxygen atoms in total. The highest BCUT2D eigenvalue weighted by Gasteiger charge is 2.50. The summed E-state index contributed by atoms with van der Waals surface area (Å²) in [5, 5.41) is 44.2. The zero-order valence-electron chi connectivity index (χ0n) is 18.3. The van der Waals surface area contributed by atoms with E-state index in [0.29, 0.717) is 13.0 Å². The van der Waals surface area contributed by atoms with Crippen molar-refractivity contribution < 1.29 is 39.4 Å². The van der Waals surface area contributed by atoms with Gasteiger partial charge in [-0.25, -0.2) is 0 Å². The maximum atomic E-state index is 11.0. The van der Waals surface area contributed by atoms with Gasteiger partial charge in [0.2, 0.25) is 0 Å². The molecule has 3 aliphatic rings. The Morgan fingerprint density at radius 2 is 1.50 bits per heavy atom. The number of rotatable bonds is 7. The lowest BCUT2D eigenvalue weighted by Crippen LogP contribution is -2.68. The summed E-state index contributed by atoms with van der Waals surface area (Å²) in [5.41, 5.74) is 24.3. The van der Waals surface area contributed by atoms with Crippen LogP contribution < -0.4 is 28.3 Å². The van der Waals surface area contributed by atoms with Gasteiger partial charge in [-0.1, -0.05) is 0 Å². The summed E-state index contributed by atoms with van der Waals surface area (Å²) in [5.74, 6) is 0. The largest absolute Gasteiger partial charge is 0.394 e. The van der Waals surface area contributed by atoms with Crippen molar-refractivity contribution in [2.45, 2.75) is 98.7 Å². The first-order valence-electron chi connectivity index (χ1n) is 11.1. The summed E-state index contributed by atoms with van der Waals surface area (Å²) in [6.07, 6.45) is -7.22. The smallest absolute Gasteiger partial charge is 0.186 e. The summed E-state index contributed by atoms with van der Waals surface area (Å²) >= 11 is 0. The number of aliphatic hydroxyl groups is 4. The molecule has 1 saturated carbocycles. The summed E-state index contributed by atoms with van der Waals surface area (Å²) in [7, 11) is 1.56. The maximum Gasteiger partial charge on any atom is 0.186 e. The summed E-state index contributed by atoms with van der Waals surface area (Å²) in [6, 6.07) is -2.51. The highest BCUT2D eigenvalue weighted by molar-refractivity contribution is 5.01. The molecule has 0 aromatic rings. The van der Waals surface area contributed by atoms with E-state index in [-0.39, 0.29) is 12.5 Å². The van der Waals surface area contributed by atoms with Crippen molar-refractivity contribution in [1.82, 2.24) is 5.32 Å². The SMILES string of the molecule is CN[C@@H]1[C@@H](O)[C@@H](O[C@H]2[C@H](N)C[C@H](N)C(O[C@H]3O[C@H](CN)CC[C@H]3N)[C@@H]2O)O[C@H](CO)[C@H]1O. The van der Waals surface area contributed by atoms with E-state index >= 15 is 0 Å². The minimum atomic E-state index is -1.28. The minimum absolute atomic E-state index is 0.197. The van der Waals surface area contributed by atoms with Crippen LogP contribution in [-0.2, 0) is 18.9 Å². The third kappa shape index (κ3) is 5.41. The van der Waals surface area contributed by atoms with Crippen molar-refractivity contribution in [2.24, 2.45) is 22.9 Å². The van der Waals surface area contributed by atoms with Crippen molar-refractivity contribution in [3.8, 4) is 0 Å². The van der Waals surface area contributed by atoms with Crippen LogP contribution in [0.4, 0.5) is 0 Å². The predicted octanol–water partition coefficient (Wildman–Crippen LogP) is -5.01. The van der Waals surface area contributed by atoms with Crippen LogP contribution in [0.15, 0.2) is 0 Å². The number of aliphatic hydroxyl groups excluding tert-OH is 4. The monoisotopic (exact) mass is 465 g/mol. The molecule has 13 heteroatoms. The van der Waals surface area contributed by atoms with Crippen molar-refractivity contribution >= 4 is 0 Å². The Hall–Kier alpha value is -0.520. The molecule has 1 unspecified atom stereocenters. The van der Waals surface area contributed by atoms with E-state index in [9.17, 15) is 20.4 Å². The molecule has 0 amide bonds. The van der Waals surface area contributed by atoms with Gasteiger partial charge in [-0.2, -0.15) is 0 Å². The Morgan fingerprint density at radius 3 is 2.06 bits per heavy atom. The fraction of sp³-hybridized carbons (Fsp3) is 1.00. The summed E-state index contributed by atoms with van der Waals surface area (Å²) < 4.78 is 23.2. The van der Waals surface area contributed by atoms with Crippen LogP contribution in [0.2, 0.25) is 0 Å². The van der Waals surface area contributed by atoms with Crippen LogP contribution in [0.25, 0.3) is 0 Å². The number of ether oxygens (including phenoxy) is 4. The molecule has 13 atom stereocenters. The molecule has 1 aliphatic carbocycles. The van der Waals surface area contributed by atoms with E-state index in [1.54, 1.807) is 7.05 Å². The topological polar surface area (TPSA) is 234 Å². The lowest BCUT2D eigenvalue weighted by atomic mass is 9.84. The number of nitrogens with two attached hydrogens (primary N) is 4. The highest BCUT2D eigenvalue weighted by atomic mass is 16.7. The maximum absolute atomic E-state index is 11.0. The Bertz CT molecular complexity index is 594. The van der Waals surface area contributed by atoms with E-state index in [1.807, 2.05) is 0 Å². The van der Waals surface area contributed by atoms with E-state index < -0.39 is 80.0 Å². The van der Waals surface area contributed by atoms with Gasteiger partial charge in [-0.05, 0) is 26.3 Å². The molecule has 188 valence electrons. The third-order valence-electron chi connectivity index (χ3n) is 6.62. The lowest BCUT2D eigenvalue weighted by Gasteiger charge is -2.48. The fourth-order valence-electron chi connectivity index (χ4n) is 4.67. The van der Waals surface area contributed by atoms with Crippen LogP contribution in [0.1, 0.15) is 19.3 Å². The van der Waals surface area contributed by atoms with Gasteiger partial charge >= 0.3 is 0 Å². The number of nitrogens with one attached hydrogen (secondary N) is 1. The molecule has 0 aromatic heterocycles. The molecule has 0 spiro atoms. The molecule has 2 aliphatic heterocycles. The molecule has 0 aromatic carbocycles. The normalized spacial score (nSPS) is 50.3. The Labute approximate surface area is 187 Å². The molecule has 0 radical (unpaired) electrons. The van der Waals surface area contributed by atoms with Gasteiger partial charge in [-0.15, -0.1) is 0 Å². The first kappa shape index (κ1) is 26.1. The molecule has 13 N–H and O–H groups in total. The first-order valence-corrected chi connectivity index (χ1v) is 11.1. The molecule has 0 bridgehead atoms. The second-order valence-electron chi connectivity index (χ2n) is 8.88. The molecule has 2 saturated heterocycles. The lowest BCUT2D eigenvalue weighted by molar-refractivity contribution is -0.314. The standard InChI is InChI=1S/C19H39N5O8/c1-24-12-13(26)11(6-25)30-19(14(12)27)32-17-10(23)4-9(22)16(15(17)28)31-18-8(21)3-2-7(5-20)29-18/h7-19,24-28H,2-6,20-23H2,1H3/t7-,8+,9-,10+,11+,12-,13+,14+,15-,16?,17-,18+,19+/m0/s1. The average molecular weight is 466 g/mol. The van der Waals surface area contributed by atoms with Crippen LogP contribution in [0, 0.1) is 0 Å². The van der Waals surface area contributed by atoms with E-state index in [0.717, 1.165) is 6.42 Å². The van der Waals surface area contributed by atoms with Crippen molar-refractivity contribution in [3.05, 3.63) is 0 Å². The van der Waals surface area contributed by atoms with E-state index in [4.69, 9.17) is 41.9 Å². The van der Waals surface area contributed by atoms with Gasteiger partial charge < -0.3 is 67.6 Å². The Morgan fingerprint density at radius 1 is 0.875 bits per heavy atom. The van der Waals surface area contributed by atoms with Crippen LogP contribution >= 0.6 is 0 Å². The zero-order valence-corrected chi connectivity index (χ0v) is 18.3. The third-order valence-corrected chi connectivity index (χ3v) is 6.62. The number of likely N-dealkylation sites (N-methyl/N-ethyl adjacent to an activating group) is 1. The molecular formula is C19H39N5O8. The highest BCUT2D eigenvalue weighted by Crippen LogP contribution is 2.30. The van der Waals surface area contributed by atoms with Gasteiger partial charge in [0.25, 0.3) is 0 Å². The average Bonchev–Trinajstić information content (AvgIpc) is 2.77. The molecule has 2 heterocycles. The van der Waals surface area contributed by atoms with Gasteiger partial charge in [0, 0.05) is 18.6 Å². The second-order valence-corrected chi connectivity index (χ2v) is 8.88. The molecule has 3 fully saturated rings. The zero-order chi connectivity index (χ0) is 23.6. The van der Waals surface area contributed by atoms with Crippen LogP contribution in [0.3, 0.4) is 0 Å². The van der Waals surface area contributed by atoms with E-state index in [1.165, 1.54) is 0 Å². The van der Waals surface area contributed by atoms with Crippen molar-refractivity contribution in [2.75, 3.05) is 20.2 Å². The quantitative estimate of drug-likeness (QED) is 0.171. The van der Waals surface area contributed by atoms with E-state index in [2.05, 4.69) is 5.32 Å². The second kappa shape index (κ2) is 11.3. The summed E-state index contributed by atoms with van der Waals surface area (Å²) in [4.78, 5) is 0. The molecule has 32 heavy (non-hydrogen) atoms. The minimum Gasteiger partial charge on any atom is -0.394 e. The Kier molecular flexibility index (Phi) is 9.19. The van der Waals surface area contributed by atoms with Gasteiger partial charge in [0.15, 0.2) is 12.6 Å². The van der Waals surface area contributed by atoms with Gasteiger partial charge in [0.1, 0.15) is 36.6 Å². The number of hydrogen-bond donors (Lipinski definition) is 9. The van der Waals surface area contributed by atoms with Gasteiger partial charge in [0.05, 0.1) is 24.8 Å². The number of hydrogen-bond acceptors (Lipinski definition) is 13. The molecule has 3 rings (SSSR count). The first-order chi connectivity index (χ1) is 15.2. The van der Waals surface area contributed by atoms with Gasteiger partial charge in [-0.3, -0.25) is 0 Å². The van der Waals surface area contributed by atoms with Crippen LogP contribution in [-0.4, -0.2) is 120 Å². The van der Waals surface area contributed by atoms with Crippen LogP contribution in [0.5, 0.6) is 0 Å². The van der Waals surface area contributed by atoms with Crippen molar-refractivity contribution in [1.29, 1.82) is 0 Å². The van der Waals surface area contributed by atoms with Crippen molar-refractivity contribution in [3.63, 3.8) is 0 Å². The summed E-state index contributed by atoms with van der Waals surface area (Å²) in [6.45, 7) is -0.162. The fourth-order valence-corrected chi connectivity index (χ4v) is 4.67. The Balaban J connectivity index is 1.71. The molecular weight excluding hydrogens is 426 g/mol. The predicted molar refractivity (Wildman–Crippen MR) is 112 cm³/mol.